The van der Waals surface area contributed by atoms with Crippen LogP contribution in [0.25, 0.3) is 0 Å². The van der Waals surface area contributed by atoms with Gasteiger partial charge in [-0.25, -0.2) is 0 Å². The molecule has 2 aliphatic rings. The molecule has 1 heterocycles. The van der Waals surface area contributed by atoms with Crippen LogP contribution in [0.5, 0.6) is 0 Å². The smallest absolute Gasteiger partial charge is 0.220 e. The number of fused-ring (bicyclic) bond motifs is 1. The third kappa shape index (κ3) is 1.76. The summed E-state index contributed by atoms with van der Waals surface area (Å²) in [7, 11) is 0. The van der Waals surface area contributed by atoms with E-state index >= 15 is 0 Å². The Morgan fingerprint density at radius 2 is 2.06 bits per heavy atom. The molecule has 0 spiro atoms. The van der Waals surface area contributed by atoms with E-state index in [2.05, 4.69) is 31.9 Å². The number of halogens is 2. The molecule has 0 aromatic carbocycles. The van der Waals surface area contributed by atoms with Gasteiger partial charge in [0.25, 0.3) is 0 Å². The number of alkyl halides is 2. The van der Waals surface area contributed by atoms with Gasteiger partial charge in [0.1, 0.15) is 0 Å². The summed E-state index contributed by atoms with van der Waals surface area (Å²) < 4.78 is -0.0683. The van der Waals surface area contributed by atoms with Crippen molar-refractivity contribution in [2.45, 2.75) is 36.0 Å². The lowest BCUT2D eigenvalue weighted by atomic mass is 9.71. The molecule has 2 rings (SSSR count). The Morgan fingerprint density at radius 1 is 1.44 bits per heavy atom. The first-order valence-corrected chi connectivity index (χ1v) is 7.14. The van der Waals surface area contributed by atoms with Gasteiger partial charge in [-0.2, -0.15) is 0 Å². The van der Waals surface area contributed by atoms with Crippen molar-refractivity contribution in [2.75, 3.05) is 6.54 Å². The molecule has 3 nitrogen and oxygen atoms in total. The maximum atomic E-state index is 11.9. The Balaban J connectivity index is 2.22. The van der Waals surface area contributed by atoms with Crippen molar-refractivity contribution in [3.05, 3.63) is 0 Å². The number of likely N-dealkylation sites (tertiary alicyclic amines) is 1. The molecule has 0 bridgehead atoms. The number of amides is 1. The third-order valence-electron chi connectivity index (χ3n) is 3.78. The summed E-state index contributed by atoms with van der Waals surface area (Å²) >= 11 is 7.23. The van der Waals surface area contributed by atoms with Crippen LogP contribution in [0, 0.1) is 11.8 Å². The van der Waals surface area contributed by atoms with E-state index in [0.29, 0.717) is 24.8 Å². The number of Topliss-reactive ketones (excluding diaryl/α,β-unsaturated/α-hetero) is 1. The van der Waals surface area contributed by atoms with Crippen molar-refractivity contribution in [3.8, 4) is 0 Å². The van der Waals surface area contributed by atoms with Gasteiger partial charge >= 0.3 is 0 Å². The molecule has 1 aliphatic heterocycles. The second-order valence-corrected chi connectivity index (χ2v) is 8.57. The lowest BCUT2D eigenvalue weighted by Gasteiger charge is -2.44. The fourth-order valence-electron chi connectivity index (χ4n) is 2.86. The molecule has 1 saturated heterocycles. The number of carbonyl (C=O) groups excluding carboxylic acids is 2. The molecule has 90 valence electrons. The zero-order valence-electron chi connectivity index (χ0n) is 9.37. The highest BCUT2D eigenvalue weighted by atomic mass is 79.9. The minimum atomic E-state index is -0.185. The van der Waals surface area contributed by atoms with Crippen LogP contribution in [-0.4, -0.2) is 32.4 Å². The molecule has 2 fully saturated rings. The molecule has 0 radical (unpaired) electrons. The maximum absolute atomic E-state index is 11.9. The van der Waals surface area contributed by atoms with E-state index < -0.39 is 0 Å². The van der Waals surface area contributed by atoms with Crippen molar-refractivity contribution in [3.63, 3.8) is 0 Å². The summed E-state index contributed by atoms with van der Waals surface area (Å²) in [4.78, 5) is 25.2. The largest absolute Gasteiger partial charge is 0.332 e. The van der Waals surface area contributed by atoms with E-state index in [4.69, 9.17) is 0 Å². The average Bonchev–Trinajstić information content (AvgIpc) is 2.52. The molecule has 0 aromatic rings. The van der Waals surface area contributed by atoms with E-state index in [9.17, 15) is 9.59 Å². The molecule has 1 saturated carbocycles. The van der Waals surface area contributed by atoms with Crippen LogP contribution >= 0.6 is 31.9 Å². The molecule has 0 unspecified atom stereocenters. The number of ketones is 1. The van der Waals surface area contributed by atoms with Crippen LogP contribution in [0.2, 0.25) is 0 Å². The van der Waals surface area contributed by atoms with E-state index in [0.717, 1.165) is 6.42 Å². The predicted octanol–water partition coefficient (Wildman–Crippen LogP) is 2.32. The summed E-state index contributed by atoms with van der Waals surface area (Å²) in [6.45, 7) is 4.10. The second-order valence-electron chi connectivity index (χ2n) is 4.67. The average molecular weight is 353 g/mol. The monoisotopic (exact) mass is 351 g/mol. The van der Waals surface area contributed by atoms with Crippen LogP contribution in [0.15, 0.2) is 0 Å². The molecule has 16 heavy (non-hydrogen) atoms. The van der Waals surface area contributed by atoms with E-state index in [1.165, 1.54) is 0 Å². The Hall–Kier alpha value is 0.1000. The van der Waals surface area contributed by atoms with Gasteiger partial charge in [0.2, 0.25) is 5.91 Å². The standard InChI is InChI=1S/C11H15Br2NO2/c1-3-9(16)10-7-4-11(12,13)8(7)5-14(10)6(2)15/h7-8,10H,3-5H2,1-2H3/t7-,8-,10-/m0/s1. The zero-order valence-corrected chi connectivity index (χ0v) is 12.5. The van der Waals surface area contributed by atoms with Gasteiger partial charge in [-0.15, -0.1) is 0 Å². The fraction of sp³-hybridized carbons (Fsp3) is 0.818. The van der Waals surface area contributed by atoms with Gasteiger partial charge in [-0.3, -0.25) is 9.59 Å². The van der Waals surface area contributed by atoms with Crippen LogP contribution < -0.4 is 0 Å². The van der Waals surface area contributed by atoms with Crippen LogP contribution in [-0.2, 0) is 9.59 Å². The third-order valence-corrected chi connectivity index (χ3v) is 5.61. The molecular formula is C11H15Br2NO2. The van der Waals surface area contributed by atoms with Gasteiger partial charge in [-0.05, 0) is 12.3 Å². The number of nitrogens with zero attached hydrogens (tertiary/aromatic N) is 1. The number of rotatable bonds is 2. The number of carbonyl (C=O) groups is 2. The SMILES string of the molecule is CCC(=O)[C@@H]1[C@H]2CC(Br)(Br)[C@H]2CN1C(C)=O. The Kier molecular flexibility index (Phi) is 3.21. The molecule has 1 amide bonds. The highest BCUT2D eigenvalue weighted by Crippen LogP contribution is 2.59. The van der Waals surface area contributed by atoms with Crippen molar-refractivity contribution >= 4 is 43.6 Å². The van der Waals surface area contributed by atoms with Gasteiger partial charge in [0.05, 0.1) is 9.28 Å². The lowest BCUT2D eigenvalue weighted by molar-refractivity contribution is -0.136. The van der Waals surface area contributed by atoms with Crippen molar-refractivity contribution in [1.29, 1.82) is 0 Å². The predicted molar refractivity (Wildman–Crippen MR) is 68.7 cm³/mol. The van der Waals surface area contributed by atoms with Gasteiger partial charge in [-0.1, -0.05) is 38.8 Å². The van der Waals surface area contributed by atoms with E-state index in [1.807, 2.05) is 6.92 Å². The molecule has 5 heteroatoms. The maximum Gasteiger partial charge on any atom is 0.220 e. The summed E-state index contributed by atoms with van der Waals surface area (Å²) in [6, 6.07) is -0.185. The second kappa shape index (κ2) is 4.09. The van der Waals surface area contributed by atoms with Crippen molar-refractivity contribution in [2.24, 2.45) is 11.8 Å². The van der Waals surface area contributed by atoms with Crippen molar-refractivity contribution in [1.82, 2.24) is 4.90 Å². The van der Waals surface area contributed by atoms with E-state index in [1.54, 1.807) is 11.8 Å². The summed E-state index contributed by atoms with van der Waals surface area (Å²) in [5.74, 6) is 0.891. The van der Waals surface area contributed by atoms with Crippen molar-refractivity contribution < 1.29 is 9.59 Å². The Bertz CT molecular complexity index is 343. The zero-order chi connectivity index (χ0) is 12.1. The highest BCUT2D eigenvalue weighted by molar-refractivity contribution is 9.25. The minimum Gasteiger partial charge on any atom is -0.332 e. The summed E-state index contributed by atoms with van der Waals surface area (Å²) in [5, 5.41) is 0. The van der Waals surface area contributed by atoms with Gasteiger partial charge in [0, 0.05) is 25.8 Å². The molecule has 3 atom stereocenters. The van der Waals surface area contributed by atoms with Crippen LogP contribution in [0.3, 0.4) is 0 Å². The van der Waals surface area contributed by atoms with Gasteiger partial charge in [0.15, 0.2) is 5.78 Å². The molecule has 1 aliphatic carbocycles. The summed E-state index contributed by atoms with van der Waals surface area (Å²) in [5.41, 5.74) is 0. The number of hydrogen-bond acceptors (Lipinski definition) is 2. The number of hydrogen-bond donors (Lipinski definition) is 0. The topological polar surface area (TPSA) is 37.4 Å². The first kappa shape index (κ1) is 12.6. The lowest BCUT2D eigenvalue weighted by Crippen LogP contribution is -2.49. The van der Waals surface area contributed by atoms with Crippen LogP contribution in [0.1, 0.15) is 26.7 Å². The Morgan fingerprint density at radius 3 is 2.50 bits per heavy atom. The fourth-order valence-corrected chi connectivity index (χ4v) is 4.58. The van der Waals surface area contributed by atoms with Crippen LogP contribution in [0.4, 0.5) is 0 Å². The first-order valence-electron chi connectivity index (χ1n) is 5.56. The van der Waals surface area contributed by atoms with Gasteiger partial charge < -0.3 is 4.90 Å². The Labute approximate surface area is 112 Å². The molecular weight excluding hydrogens is 338 g/mol. The first-order chi connectivity index (χ1) is 7.38. The molecule has 0 aromatic heterocycles. The normalized spacial score (nSPS) is 35.5. The summed E-state index contributed by atoms with van der Waals surface area (Å²) in [6.07, 6.45) is 1.42. The van der Waals surface area contributed by atoms with E-state index in [-0.39, 0.29) is 21.0 Å². The highest BCUT2D eigenvalue weighted by Gasteiger charge is 2.61. The quantitative estimate of drug-likeness (QED) is 0.715. The minimum absolute atomic E-state index is 0.0111. The molecule has 0 N–H and O–H groups in total.